The fraction of sp³-hybridized carbons (Fsp3) is 0.267. The number of benzene rings is 1. The van der Waals surface area contributed by atoms with Crippen LogP contribution in [-0.2, 0) is 16.6 Å². The van der Waals surface area contributed by atoms with Crippen LogP contribution in [-0.4, -0.2) is 21.6 Å². The van der Waals surface area contributed by atoms with Crippen molar-refractivity contribution in [2.75, 3.05) is 5.32 Å². The lowest BCUT2D eigenvalue weighted by Gasteiger charge is -2.18. The van der Waals surface area contributed by atoms with Gasteiger partial charge >= 0.3 is 0 Å². The second-order valence-electron chi connectivity index (χ2n) is 4.96. The van der Waals surface area contributed by atoms with Crippen molar-refractivity contribution in [1.82, 2.24) is 15.1 Å². The Morgan fingerprint density at radius 1 is 1.32 bits per heavy atom. The molecule has 2 N–H and O–H groups in total. The van der Waals surface area contributed by atoms with Crippen LogP contribution >= 0.6 is 11.6 Å². The van der Waals surface area contributed by atoms with Gasteiger partial charge in [0.2, 0.25) is 11.8 Å². The van der Waals surface area contributed by atoms with E-state index in [1.54, 1.807) is 48.4 Å². The number of amides is 2. The van der Waals surface area contributed by atoms with Crippen LogP contribution in [0.1, 0.15) is 24.9 Å². The Labute approximate surface area is 133 Å². The number of anilines is 1. The summed E-state index contributed by atoms with van der Waals surface area (Å²) >= 11 is 5.86. The number of carbonyl (C=O) groups is 2. The maximum absolute atomic E-state index is 12.1. The van der Waals surface area contributed by atoms with Crippen molar-refractivity contribution in [3.63, 3.8) is 0 Å². The Morgan fingerprint density at radius 3 is 2.55 bits per heavy atom. The van der Waals surface area contributed by atoms with E-state index in [2.05, 4.69) is 15.7 Å². The first-order valence-electron chi connectivity index (χ1n) is 6.75. The molecule has 0 aliphatic rings. The standard InChI is InChI=1S/C15H17ClN4O2/c1-10(21)18-14(11-3-5-12(16)6-4-11)7-15(22)19-13-8-17-20(2)9-13/h3-6,8-9,14H,7H2,1-2H3,(H,18,21)(H,19,22)/t14-/m0/s1. The normalized spacial score (nSPS) is 11.8. The van der Waals surface area contributed by atoms with Gasteiger partial charge in [0.1, 0.15) is 0 Å². The maximum atomic E-state index is 12.1. The molecule has 0 unspecified atom stereocenters. The van der Waals surface area contributed by atoms with Gasteiger partial charge < -0.3 is 10.6 Å². The minimum absolute atomic E-state index is 0.121. The fourth-order valence-electron chi connectivity index (χ4n) is 2.08. The molecule has 2 aromatic rings. The highest BCUT2D eigenvalue weighted by atomic mass is 35.5. The van der Waals surface area contributed by atoms with Gasteiger partial charge in [-0.15, -0.1) is 0 Å². The highest BCUT2D eigenvalue weighted by Gasteiger charge is 2.17. The molecule has 0 saturated carbocycles. The minimum atomic E-state index is -0.411. The van der Waals surface area contributed by atoms with Gasteiger partial charge in [-0.3, -0.25) is 14.3 Å². The highest BCUT2D eigenvalue weighted by molar-refractivity contribution is 6.30. The van der Waals surface area contributed by atoms with Crippen molar-refractivity contribution in [3.8, 4) is 0 Å². The molecule has 0 saturated heterocycles. The number of halogens is 1. The number of nitrogens with zero attached hydrogens (tertiary/aromatic N) is 2. The minimum Gasteiger partial charge on any atom is -0.349 e. The van der Waals surface area contributed by atoms with E-state index in [1.807, 2.05) is 0 Å². The third kappa shape index (κ3) is 4.60. The van der Waals surface area contributed by atoms with E-state index >= 15 is 0 Å². The molecular formula is C15H17ClN4O2. The molecule has 0 spiro atoms. The van der Waals surface area contributed by atoms with Crippen molar-refractivity contribution in [3.05, 3.63) is 47.2 Å². The highest BCUT2D eigenvalue weighted by Crippen LogP contribution is 2.20. The molecule has 2 rings (SSSR count). The first-order valence-corrected chi connectivity index (χ1v) is 7.13. The van der Waals surface area contributed by atoms with E-state index in [0.717, 1.165) is 5.56 Å². The Balaban J connectivity index is 2.07. The first-order chi connectivity index (χ1) is 10.4. The van der Waals surface area contributed by atoms with Crippen LogP contribution in [0, 0.1) is 0 Å². The van der Waals surface area contributed by atoms with E-state index in [1.165, 1.54) is 6.92 Å². The van der Waals surface area contributed by atoms with Crippen molar-refractivity contribution in [1.29, 1.82) is 0 Å². The quantitative estimate of drug-likeness (QED) is 0.887. The zero-order chi connectivity index (χ0) is 16.1. The van der Waals surface area contributed by atoms with Gasteiger partial charge in [-0.25, -0.2) is 0 Å². The zero-order valence-corrected chi connectivity index (χ0v) is 13.1. The Morgan fingerprint density at radius 2 is 2.00 bits per heavy atom. The van der Waals surface area contributed by atoms with Gasteiger partial charge in [0.15, 0.2) is 0 Å². The number of aryl methyl sites for hydroxylation is 1. The molecule has 1 heterocycles. The van der Waals surface area contributed by atoms with Crippen molar-refractivity contribution in [2.45, 2.75) is 19.4 Å². The molecule has 1 atom stereocenters. The Kier molecular flexibility index (Phi) is 5.16. The lowest BCUT2D eigenvalue weighted by molar-refractivity contribution is -0.120. The molecular weight excluding hydrogens is 304 g/mol. The van der Waals surface area contributed by atoms with Gasteiger partial charge in [0.05, 0.1) is 24.3 Å². The van der Waals surface area contributed by atoms with Crippen molar-refractivity contribution < 1.29 is 9.59 Å². The fourth-order valence-corrected chi connectivity index (χ4v) is 2.20. The summed E-state index contributed by atoms with van der Waals surface area (Å²) in [7, 11) is 1.77. The molecule has 0 aliphatic heterocycles. The molecule has 1 aromatic heterocycles. The van der Waals surface area contributed by atoms with Crippen LogP contribution < -0.4 is 10.6 Å². The van der Waals surface area contributed by atoms with Gasteiger partial charge in [-0.05, 0) is 17.7 Å². The first kappa shape index (κ1) is 16.0. The number of carbonyl (C=O) groups excluding carboxylic acids is 2. The van der Waals surface area contributed by atoms with Crippen LogP contribution in [0.25, 0.3) is 0 Å². The molecule has 0 radical (unpaired) electrons. The van der Waals surface area contributed by atoms with E-state index in [0.29, 0.717) is 10.7 Å². The zero-order valence-electron chi connectivity index (χ0n) is 12.3. The molecule has 0 aliphatic carbocycles. The van der Waals surface area contributed by atoms with Crippen LogP contribution in [0.15, 0.2) is 36.7 Å². The molecule has 2 amide bonds. The summed E-state index contributed by atoms with van der Waals surface area (Å²) in [5.41, 5.74) is 1.44. The van der Waals surface area contributed by atoms with Gasteiger partial charge in [0.25, 0.3) is 0 Å². The summed E-state index contributed by atoms with van der Waals surface area (Å²) < 4.78 is 1.60. The van der Waals surface area contributed by atoms with Crippen LogP contribution in [0.3, 0.4) is 0 Å². The maximum Gasteiger partial charge on any atom is 0.226 e. The Bertz CT molecular complexity index is 666. The predicted molar refractivity (Wildman–Crippen MR) is 84.5 cm³/mol. The topological polar surface area (TPSA) is 76.0 Å². The number of hydrogen-bond acceptors (Lipinski definition) is 3. The van der Waals surface area contributed by atoms with E-state index in [4.69, 9.17) is 11.6 Å². The number of nitrogens with one attached hydrogen (secondary N) is 2. The monoisotopic (exact) mass is 320 g/mol. The summed E-state index contributed by atoms with van der Waals surface area (Å²) in [5.74, 6) is -0.407. The molecule has 0 fully saturated rings. The lowest BCUT2D eigenvalue weighted by Crippen LogP contribution is -2.29. The molecule has 6 nitrogen and oxygen atoms in total. The SMILES string of the molecule is CC(=O)N[C@@H](CC(=O)Nc1cnn(C)c1)c1ccc(Cl)cc1. The molecule has 116 valence electrons. The summed E-state index contributed by atoms with van der Waals surface area (Å²) in [4.78, 5) is 23.5. The van der Waals surface area contributed by atoms with Gasteiger partial charge in [-0.2, -0.15) is 5.10 Å². The van der Waals surface area contributed by atoms with Gasteiger partial charge in [0, 0.05) is 25.2 Å². The smallest absolute Gasteiger partial charge is 0.226 e. The summed E-state index contributed by atoms with van der Waals surface area (Å²) in [6.45, 7) is 1.42. The predicted octanol–water partition coefficient (Wildman–Crippen LogP) is 2.28. The summed E-state index contributed by atoms with van der Waals surface area (Å²) in [6, 6.07) is 6.63. The average Bonchev–Trinajstić information content (AvgIpc) is 2.83. The second-order valence-corrected chi connectivity index (χ2v) is 5.40. The van der Waals surface area contributed by atoms with Crippen molar-refractivity contribution >= 4 is 29.1 Å². The lowest BCUT2D eigenvalue weighted by atomic mass is 10.0. The molecule has 0 bridgehead atoms. The summed E-state index contributed by atoms with van der Waals surface area (Å²) in [5, 5.41) is 10.1. The van der Waals surface area contributed by atoms with Gasteiger partial charge in [-0.1, -0.05) is 23.7 Å². The summed E-state index contributed by atoms with van der Waals surface area (Å²) in [6.07, 6.45) is 3.39. The Hall–Kier alpha value is -2.34. The van der Waals surface area contributed by atoms with E-state index < -0.39 is 6.04 Å². The van der Waals surface area contributed by atoms with E-state index in [9.17, 15) is 9.59 Å². The largest absolute Gasteiger partial charge is 0.349 e. The molecule has 7 heteroatoms. The van der Waals surface area contributed by atoms with Crippen LogP contribution in [0.5, 0.6) is 0 Å². The second kappa shape index (κ2) is 7.09. The van der Waals surface area contributed by atoms with Crippen LogP contribution in [0.2, 0.25) is 5.02 Å². The molecule has 22 heavy (non-hydrogen) atoms. The third-order valence-electron chi connectivity index (χ3n) is 3.03. The number of rotatable bonds is 5. The number of aromatic nitrogens is 2. The van der Waals surface area contributed by atoms with Crippen molar-refractivity contribution in [2.24, 2.45) is 7.05 Å². The number of hydrogen-bond donors (Lipinski definition) is 2. The average molecular weight is 321 g/mol. The third-order valence-corrected chi connectivity index (χ3v) is 3.28. The molecule has 1 aromatic carbocycles. The van der Waals surface area contributed by atoms with E-state index in [-0.39, 0.29) is 18.2 Å². The van der Waals surface area contributed by atoms with Crippen LogP contribution in [0.4, 0.5) is 5.69 Å².